The number of fused-ring (bicyclic) bond motifs is 1. The van der Waals surface area contributed by atoms with Gasteiger partial charge in [0.15, 0.2) is 5.78 Å². The van der Waals surface area contributed by atoms with E-state index in [1.807, 2.05) is 30.3 Å². The van der Waals surface area contributed by atoms with Crippen LogP contribution in [0.5, 0.6) is 5.75 Å². The molecular weight excluding hydrogens is 459 g/mol. The highest BCUT2D eigenvalue weighted by Crippen LogP contribution is 2.23. The second-order valence-corrected chi connectivity index (χ2v) is 8.36. The molecule has 5 nitrogen and oxygen atoms in total. The molecule has 33 heavy (non-hydrogen) atoms. The van der Waals surface area contributed by atoms with Crippen LogP contribution in [0.25, 0.3) is 10.9 Å². The summed E-state index contributed by atoms with van der Waals surface area (Å²) in [6.45, 7) is 0.255. The number of pyridine rings is 1. The average molecular weight is 479 g/mol. The Morgan fingerprint density at radius 3 is 2.55 bits per heavy atom. The summed E-state index contributed by atoms with van der Waals surface area (Å²) in [7, 11) is 0. The molecule has 0 radical (unpaired) electrons. The van der Waals surface area contributed by atoms with Crippen molar-refractivity contribution in [3.63, 3.8) is 0 Å². The number of carbonyl (C=O) groups is 2. The number of amides is 1. The predicted molar refractivity (Wildman–Crippen MR) is 130 cm³/mol. The van der Waals surface area contributed by atoms with Gasteiger partial charge in [-0.3, -0.25) is 9.59 Å². The van der Waals surface area contributed by atoms with E-state index in [2.05, 4.69) is 4.98 Å². The molecule has 4 aromatic rings. The Kier molecular flexibility index (Phi) is 6.92. The zero-order valence-corrected chi connectivity index (χ0v) is 19.1. The van der Waals surface area contributed by atoms with Crippen molar-refractivity contribution in [2.45, 2.75) is 19.4 Å². The van der Waals surface area contributed by atoms with Gasteiger partial charge < -0.3 is 10.5 Å². The van der Waals surface area contributed by atoms with Gasteiger partial charge in [0.2, 0.25) is 5.91 Å². The van der Waals surface area contributed by atoms with Gasteiger partial charge in [-0.25, -0.2) is 4.98 Å². The largest absolute Gasteiger partial charge is 0.487 e. The van der Waals surface area contributed by atoms with Crippen LogP contribution in [0.2, 0.25) is 10.0 Å². The van der Waals surface area contributed by atoms with Gasteiger partial charge in [0, 0.05) is 22.4 Å². The second kappa shape index (κ2) is 10.0. The average Bonchev–Trinajstić information content (AvgIpc) is 2.80. The first-order valence-electron chi connectivity index (χ1n) is 10.3. The number of Topliss-reactive ketones (excluding diaryl/α,β-unsaturated/α-hetero) is 1. The van der Waals surface area contributed by atoms with Crippen molar-refractivity contribution in [3.8, 4) is 5.75 Å². The fourth-order valence-electron chi connectivity index (χ4n) is 3.58. The SMILES string of the molecule is NC(=O)c1c(Cl)cccc1CCC(=O)c1cccc(OCc2ccc3ccc(Cl)cc3n2)c1. The van der Waals surface area contributed by atoms with E-state index in [4.69, 9.17) is 33.7 Å². The van der Waals surface area contributed by atoms with E-state index in [0.29, 0.717) is 28.3 Å². The summed E-state index contributed by atoms with van der Waals surface area (Å²) in [5.74, 6) is -0.119. The van der Waals surface area contributed by atoms with E-state index in [1.165, 1.54) is 0 Å². The van der Waals surface area contributed by atoms with Crippen LogP contribution in [0.4, 0.5) is 0 Å². The summed E-state index contributed by atoms with van der Waals surface area (Å²) in [5, 5.41) is 1.90. The van der Waals surface area contributed by atoms with E-state index < -0.39 is 5.91 Å². The summed E-state index contributed by atoms with van der Waals surface area (Å²) in [6.07, 6.45) is 0.559. The van der Waals surface area contributed by atoms with Crippen LogP contribution < -0.4 is 10.5 Å². The number of aryl methyl sites for hydroxylation is 1. The van der Waals surface area contributed by atoms with Crippen LogP contribution in [0.3, 0.4) is 0 Å². The highest BCUT2D eigenvalue weighted by atomic mass is 35.5. The van der Waals surface area contributed by atoms with Crippen LogP contribution in [0, 0.1) is 0 Å². The second-order valence-electron chi connectivity index (χ2n) is 7.52. The Morgan fingerprint density at radius 1 is 0.939 bits per heavy atom. The first kappa shape index (κ1) is 22.8. The van der Waals surface area contributed by atoms with Gasteiger partial charge in [-0.05, 0) is 48.4 Å². The number of aromatic nitrogens is 1. The summed E-state index contributed by atoms with van der Waals surface area (Å²) in [6, 6.07) is 21.5. The molecule has 0 atom stereocenters. The van der Waals surface area contributed by atoms with Crippen molar-refractivity contribution in [2.24, 2.45) is 5.73 Å². The first-order chi connectivity index (χ1) is 15.9. The maximum Gasteiger partial charge on any atom is 0.250 e. The van der Waals surface area contributed by atoms with Crippen LogP contribution >= 0.6 is 23.2 Å². The topological polar surface area (TPSA) is 82.3 Å². The summed E-state index contributed by atoms with van der Waals surface area (Å²) in [4.78, 5) is 29.0. The van der Waals surface area contributed by atoms with Crippen LogP contribution in [-0.4, -0.2) is 16.7 Å². The molecule has 0 saturated heterocycles. The third-order valence-electron chi connectivity index (χ3n) is 5.22. The minimum Gasteiger partial charge on any atom is -0.487 e. The smallest absolute Gasteiger partial charge is 0.250 e. The van der Waals surface area contributed by atoms with E-state index in [9.17, 15) is 9.59 Å². The minimum atomic E-state index is -0.608. The van der Waals surface area contributed by atoms with Crippen LogP contribution in [-0.2, 0) is 13.0 Å². The summed E-state index contributed by atoms with van der Waals surface area (Å²) in [5.41, 5.74) is 8.41. The Labute approximate surface area is 201 Å². The van der Waals surface area contributed by atoms with E-state index in [0.717, 1.165) is 16.6 Å². The normalized spacial score (nSPS) is 10.8. The molecule has 0 saturated carbocycles. The van der Waals surface area contributed by atoms with Crippen molar-refractivity contribution in [1.29, 1.82) is 0 Å². The van der Waals surface area contributed by atoms with Crippen LogP contribution in [0.1, 0.15) is 38.4 Å². The van der Waals surface area contributed by atoms with E-state index in [-0.39, 0.29) is 29.4 Å². The number of hydrogen-bond acceptors (Lipinski definition) is 4. The molecule has 2 N–H and O–H groups in total. The van der Waals surface area contributed by atoms with Crippen molar-refractivity contribution in [3.05, 3.63) is 105 Å². The van der Waals surface area contributed by atoms with Crippen LogP contribution in [0.15, 0.2) is 72.8 Å². The van der Waals surface area contributed by atoms with Crippen molar-refractivity contribution >= 4 is 45.8 Å². The monoisotopic (exact) mass is 478 g/mol. The zero-order valence-electron chi connectivity index (χ0n) is 17.6. The van der Waals surface area contributed by atoms with Crippen molar-refractivity contribution in [1.82, 2.24) is 4.98 Å². The lowest BCUT2D eigenvalue weighted by Crippen LogP contribution is -2.15. The van der Waals surface area contributed by atoms with Gasteiger partial charge in [0.05, 0.1) is 21.8 Å². The predicted octanol–water partition coefficient (Wildman–Crippen LogP) is 6.04. The standard InChI is InChI=1S/C26H20Cl2N2O3/c27-19-10-7-16-8-11-20(30-23(16)14-19)15-33-21-5-1-4-18(13-21)24(31)12-9-17-3-2-6-22(28)25(17)26(29)32/h1-8,10-11,13-14H,9,12,15H2,(H2,29,32). The number of nitrogens with two attached hydrogens (primary N) is 1. The molecule has 0 aliphatic rings. The van der Waals surface area contributed by atoms with Crippen molar-refractivity contribution < 1.29 is 14.3 Å². The van der Waals surface area contributed by atoms with Gasteiger partial charge in [0.1, 0.15) is 12.4 Å². The first-order valence-corrected chi connectivity index (χ1v) is 11.0. The molecule has 0 unspecified atom stereocenters. The number of rotatable bonds is 8. The Hall–Kier alpha value is -3.41. The zero-order chi connectivity index (χ0) is 23.4. The lowest BCUT2D eigenvalue weighted by Gasteiger charge is -2.10. The van der Waals surface area contributed by atoms with Gasteiger partial charge in [-0.1, -0.05) is 59.6 Å². The molecule has 0 spiro atoms. The third kappa shape index (κ3) is 5.51. The molecule has 0 bridgehead atoms. The quantitative estimate of drug-likeness (QED) is 0.313. The minimum absolute atomic E-state index is 0.0747. The highest BCUT2D eigenvalue weighted by Gasteiger charge is 2.15. The number of ketones is 1. The van der Waals surface area contributed by atoms with Gasteiger partial charge >= 0.3 is 0 Å². The number of carbonyl (C=O) groups excluding carboxylic acids is 2. The van der Waals surface area contributed by atoms with Gasteiger partial charge in [0.25, 0.3) is 0 Å². The number of benzene rings is 3. The molecule has 7 heteroatoms. The fourth-order valence-corrected chi connectivity index (χ4v) is 4.03. The maximum absolute atomic E-state index is 12.8. The summed E-state index contributed by atoms with van der Waals surface area (Å²) >= 11 is 12.1. The molecule has 1 aromatic heterocycles. The Bertz CT molecular complexity index is 1350. The Balaban J connectivity index is 1.42. The number of halogens is 2. The summed E-state index contributed by atoms with van der Waals surface area (Å²) < 4.78 is 5.86. The number of primary amides is 1. The van der Waals surface area contributed by atoms with Gasteiger partial charge in [-0.15, -0.1) is 0 Å². The fraction of sp³-hybridized carbons (Fsp3) is 0.115. The highest BCUT2D eigenvalue weighted by molar-refractivity contribution is 6.34. The van der Waals surface area contributed by atoms with Gasteiger partial charge in [-0.2, -0.15) is 0 Å². The maximum atomic E-state index is 12.8. The Morgan fingerprint density at radius 2 is 1.73 bits per heavy atom. The molecule has 4 rings (SSSR count). The molecule has 166 valence electrons. The molecule has 1 amide bonds. The lowest BCUT2D eigenvalue weighted by molar-refractivity contribution is 0.0974. The van der Waals surface area contributed by atoms with E-state index in [1.54, 1.807) is 42.5 Å². The number of hydrogen-bond donors (Lipinski definition) is 1. The molecule has 1 heterocycles. The third-order valence-corrected chi connectivity index (χ3v) is 5.77. The van der Waals surface area contributed by atoms with Crippen molar-refractivity contribution in [2.75, 3.05) is 0 Å². The number of nitrogens with zero attached hydrogens (tertiary/aromatic N) is 1. The molecule has 3 aromatic carbocycles. The van der Waals surface area contributed by atoms with E-state index >= 15 is 0 Å². The molecule has 0 fully saturated rings. The number of ether oxygens (including phenoxy) is 1. The molecule has 0 aliphatic carbocycles. The molecule has 0 aliphatic heterocycles. The molecular formula is C26H20Cl2N2O3. The lowest BCUT2D eigenvalue weighted by atomic mass is 9.98.